The second-order valence-electron chi connectivity index (χ2n) is 6.53. The van der Waals surface area contributed by atoms with Crippen LogP contribution in [-0.2, 0) is 0 Å². The molecular weight excluding hydrogens is 264 g/mol. The van der Waals surface area contributed by atoms with Crippen molar-refractivity contribution < 1.29 is 15.3 Å². The maximum atomic E-state index is 10.8. The fraction of sp³-hybridized carbons (Fsp3) is 1.00. The summed E-state index contributed by atoms with van der Waals surface area (Å²) in [5, 5.41) is 31.5. The van der Waals surface area contributed by atoms with Crippen molar-refractivity contribution in [1.82, 2.24) is 0 Å². The van der Waals surface area contributed by atoms with Gasteiger partial charge in [-0.2, -0.15) is 0 Å². The third-order valence-corrected chi connectivity index (χ3v) is 4.44. The molecular formula is C18H38O3. The first-order chi connectivity index (χ1) is 10.0. The van der Waals surface area contributed by atoms with Crippen LogP contribution in [0.2, 0.25) is 0 Å². The highest BCUT2D eigenvalue weighted by atomic mass is 16.4. The number of aliphatic hydroxyl groups excluding tert-OH is 2. The number of rotatable bonds is 14. The van der Waals surface area contributed by atoms with Crippen molar-refractivity contribution in [2.24, 2.45) is 0 Å². The molecule has 0 spiro atoms. The molecule has 0 aliphatic heterocycles. The van der Waals surface area contributed by atoms with E-state index in [-0.39, 0.29) is 0 Å². The quantitative estimate of drug-likeness (QED) is 0.422. The number of hydrogen-bond acceptors (Lipinski definition) is 3. The van der Waals surface area contributed by atoms with Crippen molar-refractivity contribution in [3.05, 3.63) is 0 Å². The van der Waals surface area contributed by atoms with Gasteiger partial charge in [-0.25, -0.2) is 0 Å². The first-order valence-corrected chi connectivity index (χ1v) is 9.10. The zero-order valence-electron chi connectivity index (χ0n) is 14.5. The molecule has 2 atom stereocenters. The van der Waals surface area contributed by atoms with Gasteiger partial charge in [0.2, 0.25) is 0 Å². The van der Waals surface area contributed by atoms with Crippen LogP contribution < -0.4 is 0 Å². The molecule has 0 rings (SSSR count). The molecule has 128 valence electrons. The summed E-state index contributed by atoms with van der Waals surface area (Å²) >= 11 is 0. The molecule has 0 aliphatic carbocycles. The molecule has 0 fully saturated rings. The smallest absolute Gasteiger partial charge is 0.108 e. The van der Waals surface area contributed by atoms with E-state index in [0.29, 0.717) is 19.3 Å². The van der Waals surface area contributed by atoms with E-state index in [4.69, 9.17) is 0 Å². The molecule has 0 heterocycles. The minimum Gasteiger partial charge on any atom is -0.390 e. The molecule has 0 saturated heterocycles. The lowest BCUT2D eigenvalue weighted by molar-refractivity contribution is -0.136. The predicted octanol–water partition coefficient (Wildman–Crippen LogP) is 4.18. The van der Waals surface area contributed by atoms with Crippen LogP contribution in [0, 0.1) is 0 Å². The highest BCUT2D eigenvalue weighted by molar-refractivity contribution is 4.90. The zero-order chi connectivity index (χ0) is 16.1. The Labute approximate surface area is 131 Å². The topological polar surface area (TPSA) is 60.7 Å². The SMILES string of the molecule is CCCCCC(O)C(O)C(O)(CCCCC)CCCCC. The van der Waals surface area contributed by atoms with Crippen molar-refractivity contribution >= 4 is 0 Å². The van der Waals surface area contributed by atoms with Gasteiger partial charge < -0.3 is 15.3 Å². The molecule has 0 bridgehead atoms. The first-order valence-electron chi connectivity index (χ1n) is 9.10. The molecule has 3 heteroatoms. The molecule has 0 aromatic rings. The summed E-state index contributed by atoms with van der Waals surface area (Å²) in [6.45, 7) is 6.38. The van der Waals surface area contributed by atoms with Gasteiger partial charge in [0.25, 0.3) is 0 Å². The van der Waals surface area contributed by atoms with Gasteiger partial charge in [-0.15, -0.1) is 0 Å². The van der Waals surface area contributed by atoms with E-state index < -0.39 is 17.8 Å². The predicted molar refractivity (Wildman–Crippen MR) is 89.4 cm³/mol. The highest BCUT2D eigenvalue weighted by Gasteiger charge is 2.38. The molecule has 2 unspecified atom stereocenters. The Hall–Kier alpha value is -0.120. The van der Waals surface area contributed by atoms with E-state index in [0.717, 1.165) is 57.8 Å². The Balaban J connectivity index is 4.50. The largest absolute Gasteiger partial charge is 0.390 e. The lowest BCUT2D eigenvalue weighted by atomic mass is 9.81. The first kappa shape index (κ1) is 20.9. The van der Waals surface area contributed by atoms with E-state index in [1.807, 2.05) is 0 Å². The van der Waals surface area contributed by atoms with Gasteiger partial charge >= 0.3 is 0 Å². The van der Waals surface area contributed by atoms with Crippen LogP contribution in [0.25, 0.3) is 0 Å². The second kappa shape index (κ2) is 12.4. The summed E-state index contributed by atoms with van der Waals surface area (Å²) in [5.41, 5.74) is -1.12. The fourth-order valence-electron chi connectivity index (χ4n) is 2.90. The molecule has 0 aromatic carbocycles. The average molecular weight is 302 g/mol. The van der Waals surface area contributed by atoms with Gasteiger partial charge in [0.15, 0.2) is 0 Å². The number of aliphatic hydroxyl groups is 3. The van der Waals surface area contributed by atoms with Crippen LogP contribution in [-0.4, -0.2) is 33.1 Å². The molecule has 0 amide bonds. The Morgan fingerprint density at radius 2 is 1.14 bits per heavy atom. The van der Waals surface area contributed by atoms with E-state index in [1.165, 1.54) is 0 Å². The van der Waals surface area contributed by atoms with Gasteiger partial charge in [0, 0.05) is 0 Å². The molecule has 0 saturated carbocycles. The monoisotopic (exact) mass is 302 g/mol. The number of hydrogen-bond donors (Lipinski definition) is 3. The van der Waals surface area contributed by atoms with E-state index >= 15 is 0 Å². The average Bonchev–Trinajstić information content (AvgIpc) is 2.47. The van der Waals surface area contributed by atoms with Crippen molar-refractivity contribution in [2.45, 2.75) is 116 Å². The summed E-state index contributed by atoms with van der Waals surface area (Å²) in [6, 6.07) is 0. The lowest BCUT2D eigenvalue weighted by Gasteiger charge is -2.36. The molecule has 0 aromatic heterocycles. The van der Waals surface area contributed by atoms with Gasteiger partial charge in [0.05, 0.1) is 11.7 Å². The zero-order valence-corrected chi connectivity index (χ0v) is 14.5. The Morgan fingerprint density at radius 3 is 1.57 bits per heavy atom. The second-order valence-corrected chi connectivity index (χ2v) is 6.53. The van der Waals surface area contributed by atoms with Crippen LogP contribution in [0.5, 0.6) is 0 Å². The van der Waals surface area contributed by atoms with Gasteiger partial charge in [-0.05, 0) is 19.3 Å². The minimum atomic E-state index is -1.12. The van der Waals surface area contributed by atoms with Crippen molar-refractivity contribution in [3.8, 4) is 0 Å². The maximum Gasteiger partial charge on any atom is 0.108 e. The van der Waals surface area contributed by atoms with Crippen molar-refractivity contribution in [2.75, 3.05) is 0 Å². The van der Waals surface area contributed by atoms with E-state index in [2.05, 4.69) is 20.8 Å². The van der Waals surface area contributed by atoms with E-state index in [1.54, 1.807) is 0 Å². The Morgan fingerprint density at radius 1 is 0.714 bits per heavy atom. The Kier molecular flexibility index (Phi) is 12.4. The maximum absolute atomic E-state index is 10.8. The summed E-state index contributed by atoms with van der Waals surface area (Å²) in [4.78, 5) is 0. The lowest BCUT2D eigenvalue weighted by Crippen LogP contribution is -2.49. The number of unbranched alkanes of at least 4 members (excludes halogenated alkanes) is 6. The summed E-state index contributed by atoms with van der Waals surface area (Å²) in [5.74, 6) is 0. The highest BCUT2D eigenvalue weighted by Crippen LogP contribution is 2.29. The van der Waals surface area contributed by atoms with Crippen molar-refractivity contribution in [3.63, 3.8) is 0 Å². The summed E-state index contributed by atoms with van der Waals surface area (Å²) in [6.07, 6.45) is 9.18. The fourth-order valence-corrected chi connectivity index (χ4v) is 2.90. The van der Waals surface area contributed by atoms with Gasteiger partial charge in [-0.1, -0.05) is 78.6 Å². The van der Waals surface area contributed by atoms with Gasteiger partial charge in [0.1, 0.15) is 6.10 Å². The third-order valence-electron chi connectivity index (χ3n) is 4.44. The van der Waals surface area contributed by atoms with Crippen LogP contribution in [0.1, 0.15) is 97.8 Å². The summed E-state index contributed by atoms with van der Waals surface area (Å²) < 4.78 is 0. The van der Waals surface area contributed by atoms with Gasteiger partial charge in [-0.3, -0.25) is 0 Å². The van der Waals surface area contributed by atoms with Crippen LogP contribution in [0.4, 0.5) is 0 Å². The van der Waals surface area contributed by atoms with Crippen LogP contribution in [0.3, 0.4) is 0 Å². The standard InChI is InChI=1S/C18H38O3/c1-4-7-10-13-16(19)17(20)18(21,14-11-8-5-2)15-12-9-6-3/h16-17,19-21H,4-15H2,1-3H3. The molecule has 0 radical (unpaired) electrons. The van der Waals surface area contributed by atoms with Crippen LogP contribution in [0.15, 0.2) is 0 Å². The van der Waals surface area contributed by atoms with Crippen molar-refractivity contribution in [1.29, 1.82) is 0 Å². The van der Waals surface area contributed by atoms with E-state index in [9.17, 15) is 15.3 Å². The minimum absolute atomic E-state index is 0.582. The molecule has 3 N–H and O–H groups in total. The third kappa shape index (κ3) is 8.80. The molecule has 21 heavy (non-hydrogen) atoms. The molecule has 3 nitrogen and oxygen atoms in total. The normalized spacial score (nSPS) is 15.1. The molecule has 0 aliphatic rings. The van der Waals surface area contributed by atoms with Crippen LogP contribution >= 0.6 is 0 Å². The Bertz CT molecular complexity index is 221. The summed E-state index contributed by atoms with van der Waals surface area (Å²) in [7, 11) is 0.